The van der Waals surface area contributed by atoms with Gasteiger partial charge in [0.1, 0.15) is 0 Å². The maximum absolute atomic E-state index is 5.83. The molecule has 0 radical (unpaired) electrons. The first-order valence-corrected chi connectivity index (χ1v) is 7.36. The number of hydrogen-bond acceptors (Lipinski definition) is 2. The van der Waals surface area contributed by atoms with Crippen LogP contribution in [0.4, 0.5) is 0 Å². The predicted molar refractivity (Wildman–Crippen MR) is 84.6 cm³/mol. The van der Waals surface area contributed by atoms with E-state index >= 15 is 0 Å². The van der Waals surface area contributed by atoms with Gasteiger partial charge in [0.25, 0.3) is 0 Å². The molecule has 0 atom stereocenters. The van der Waals surface area contributed by atoms with E-state index in [1.54, 1.807) is 7.11 Å². The van der Waals surface area contributed by atoms with Crippen LogP contribution >= 0.6 is 0 Å². The first-order valence-electron chi connectivity index (χ1n) is 7.36. The van der Waals surface area contributed by atoms with Gasteiger partial charge in [-0.3, -0.25) is 0 Å². The maximum Gasteiger partial charge on any atom is 0.188 e. The van der Waals surface area contributed by atoms with E-state index in [1.807, 2.05) is 0 Å². The van der Waals surface area contributed by atoms with Gasteiger partial charge in [0, 0.05) is 13.7 Å². The van der Waals surface area contributed by atoms with E-state index < -0.39 is 0 Å². The van der Waals surface area contributed by atoms with E-state index in [-0.39, 0.29) is 0 Å². The van der Waals surface area contributed by atoms with Crippen LogP contribution in [-0.2, 0) is 17.9 Å². The Morgan fingerprint density at radius 3 is 2.50 bits per heavy atom. The van der Waals surface area contributed by atoms with Gasteiger partial charge in [-0.05, 0) is 17.5 Å². The summed E-state index contributed by atoms with van der Waals surface area (Å²) in [5.41, 5.74) is 8.15. The average Bonchev–Trinajstić information content (AvgIpc) is 2.47. The van der Waals surface area contributed by atoms with Gasteiger partial charge in [0.05, 0.1) is 13.2 Å². The minimum absolute atomic E-state index is 0.530. The SMILES string of the molecule is CCCCCCNC(N)=NCc1ccc(COC)cc1. The molecule has 0 saturated heterocycles. The molecule has 3 N–H and O–H groups in total. The van der Waals surface area contributed by atoms with Crippen molar-refractivity contribution < 1.29 is 4.74 Å². The fourth-order valence-corrected chi connectivity index (χ4v) is 1.91. The number of nitrogens with one attached hydrogen (secondary N) is 1. The molecule has 0 aromatic heterocycles. The zero-order valence-electron chi connectivity index (χ0n) is 12.7. The lowest BCUT2D eigenvalue weighted by Gasteiger charge is -2.06. The Morgan fingerprint density at radius 1 is 1.15 bits per heavy atom. The predicted octanol–water partition coefficient (Wildman–Crippen LogP) is 2.82. The van der Waals surface area contributed by atoms with Crippen molar-refractivity contribution >= 4 is 5.96 Å². The van der Waals surface area contributed by atoms with Gasteiger partial charge >= 0.3 is 0 Å². The Kier molecular flexibility index (Phi) is 8.47. The largest absolute Gasteiger partial charge is 0.380 e. The van der Waals surface area contributed by atoms with Crippen molar-refractivity contribution in [1.82, 2.24) is 5.32 Å². The zero-order valence-corrected chi connectivity index (χ0v) is 12.7. The van der Waals surface area contributed by atoms with Crippen molar-refractivity contribution in [2.75, 3.05) is 13.7 Å². The Bertz CT molecular complexity index is 387. The minimum atomic E-state index is 0.530. The van der Waals surface area contributed by atoms with Crippen LogP contribution in [0.2, 0.25) is 0 Å². The molecule has 4 nitrogen and oxygen atoms in total. The van der Waals surface area contributed by atoms with Crippen molar-refractivity contribution in [2.45, 2.75) is 45.8 Å². The van der Waals surface area contributed by atoms with Crippen LogP contribution < -0.4 is 11.1 Å². The van der Waals surface area contributed by atoms with Crippen LogP contribution in [0.3, 0.4) is 0 Å². The van der Waals surface area contributed by atoms with Crippen LogP contribution in [0.1, 0.15) is 43.7 Å². The number of unbranched alkanes of at least 4 members (excludes halogenated alkanes) is 3. The highest BCUT2D eigenvalue weighted by Crippen LogP contribution is 2.06. The molecule has 20 heavy (non-hydrogen) atoms. The van der Waals surface area contributed by atoms with E-state index in [4.69, 9.17) is 10.5 Å². The van der Waals surface area contributed by atoms with Crippen molar-refractivity contribution in [3.8, 4) is 0 Å². The summed E-state index contributed by atoms with van der Waals surface area (Å²) in [7, 11) is 1.70. The van der Waals surface area contributed by atoms with Crippen LogP contribution in [-0.4, -0.2) is 19.6 Å². The molecular weight excluding hydrogens is 250 g/mol. The van der Waals surface area contributed by atoms with Crippen LogP contribution in [0, 0.1) is 0 Å². The van der Waals surface area contributed by atoms with Gasteiger partial charge in [-0.25, -0.2) is 4.99 Å². The fraction of sp³-hybridized carbons (Fsp3) is 0.562. The summed E-state index contributed by atoms with van der Waals surface area (Å²) in [5.74, 6) is 0.530. The highest BCUT2D eigenvalue weighted by Gasteiger charge is 1.95. The minimum Gasteiger partial charge on any atom is -0.380 e. The number of ether oxygens (including phenoxy) is 1. The number of hydrogen-bond donors (Lipinski definition) is 2. The first-order chi connectivity index (χ1) is 9.76. The Morgan fingerprint density at radius 2 is 1.85 bits per heavy atom. The summed E-state index contributed by atoms with van der Waals surface area (Å²) in [6.07, 6.45) is 4.93. The number of rotatable bonds is 9. The number of aliphatic imine (C=N–C) groups is 1. The molecule has 0 saturated carbocycles. The van der Waals surface area contributed by atoms with Crippen molar-refractivity contribution in [1.29, 1.82) is 0 Å². The number of benzene rings is 1. The summed E-state index contributed by atoms with van der Waals surface area (Å²) >= 11 is 0. The monoisotopic (exact) mass is 277 g/mol. The third-order valence-electron chi connectivity index (χ3n) is 3.10. The molecule has 4 heteroatoms. The van der Waals surface area contributed by atoms with Gasteiger partial charge in [0.15, 0.2) is 5.96 Å². The quantitative estimate of drug-likeness (QED) is 0.414. The Hall–Kier alpha value is -1.55. The molecule has 1 aromatic carbocycles. The third-order valence-corrected chi connectivity index (χ3v) is 3.10. The summed E-state index contributed by atoms with van der Waals surface area (Å²) in [6.45, 7) is 4.37. The fourth-order valence-electron chi connectivity index (χ4n) is 1.91. The second-order valence-corrected chi connectivity index (χ2v) is 4.94. The van der Waals surface area contributed by atoms with Crippen LogP contribution in [0.25, 0.3) is 0 Å². The van der Waals surface area contributed by atoms with Crippen LogP contribution in [0.15, 0.2) is 29.3 Å². The van der Waals surface area contributed by atoms with Gasteiger partial charge in [-0.2, -0.15) is 0 Å². The Balaban J connectivity index is 2.27. The van der Waals surface area contributed by atoms with Crippen molar-refractivity contribution in [2.24, 2.45) is 10.7 Å². The summed E-state index contributed by atoms with van der Waals surface area (Å²) in [5, 5.41) is 3.15. The molecule has 0 aliphatic heterocycles. The number of guanidine groups is 1. The number of methoxy groups -OCH3 is 1. The molecule has 0 spiro atoms. The summed E-state index contributed by atoms with van der Waals surface area (Å²) < 4.78 is 5.08. The molecule has 112 valence electrons. The van der Waals surface area contributed by atoms with Gasteiger partial charge in [-0.15, -0.1) is 0 Å². The van der Waals surface area contributed by atoms with E-state index in [2.05, 4.69) is 41.5 Å². The second-order valence-electron chi connectivity index (χ2n) is 4.94. The lowest BCUT2D eigenvalue weighted by molar-refractivity contribution is 0.185. The normalized spacial score (nSPS) is 11.6. The van der Waals surface area contributed by atoms with E-state index in [9.17, 15) is 0 Å². The standard InChI is InChI=1S/C16H27N3O/c1-3-4-5-6-11-18-16(17)19-12-14-7-9-15(10-8-14)13-20-2/h7-10H,3-6,11-13H2,1-2H3,(H3,17,18,19). The zero-order chi connectivity index (χ0) is 14.6. The van der Waals surface area contributed by atoms with Crippen molar-refractivity contribution in [3.63, 3.8) is 0 Å². The molecule has 0 bridgehead atoms. The molecule has 1 aromatic rings. The molecule has 0 aliphatic carbocycles. The molecule has 0 fully saturated rings. The number of nitrogens with two attached hydrogens (primary N) is 1. The van der Waals surface area contributed by atoms with Crippen molar-refractivity contribution in [3.05, 3.63) is 35.4 Å². The highest BCUT2D eigenvalue weighted by molar-refractivity contribution is 5.77. The van der Waals surface area contributed by atoms with E-state index in [0.29, 0.717) is 19.1 Å². The smallest absolute Gasteiger partial charge is 0.188 e. The van der Waals surface area contributed by atoms with Gasteiger partial charge < -0.3 is 15.8 Å². The lowest BCUT2D eigenvalue weighted by Crippen LogP contribution is -2.32. The molecule has 0 aliphatic rings. The van der Waals surface area contributed by atoms with Gasteiger partial charge in [-0.1, -0.05) is 50.5 Å². The highest BCUT2D eigenvalue weighted by atomic mass is 16.5. The molecular formula is C16H27N3O. The summed E-state index contributed by atoms with van der Waals surface area (Å²) in [6, 6.07) is 8.24. The first kappa shape index (κ1) is 16.5. The number of nitrogens with zero attached hydrogens (tertiary/aromatic N) is 1. The molecule has 1 rings (SSSR count). The maximum atomic E-state index is 5.83. The molecule has 0 unspecified atom stereocenters. The summed E-state index contributed by atoms with van der Waals surface area (Å²) in [4.78, 5) is 4.34. The molecule has 0 amide bonds. The van der Waals surface area contributed by atoms with Gasteiger partial charge in [0.2, 0.25) is 0 Å². The van der Waals surface area contributed by atoms with Crippen LogP contribution in [0.5, 0.6) is 0 Å². The lowest BCUT2D eigenvalue weighted by atomic mass is 10.1. The second kappa shape index (κ2) is 10.3. The molecule has 0 heterocycles. The Labute approximate surface area is 122 Å². The average molecular weight is 277 g/mol. The van der Waals surface area contributed by atoms with E-state index in [1.165, 1.54) is 24.8 Å². The van der Waals surface area contributed by atoms with E-state index in [0.717, 1.165) is 18.5 Å². The topological polar surface area (TPSA) is 59.6 Å². The third kappa shape index (κ3) is 7.14.